The van der Waals surface area contributed by atoms with Crippen LogP contribution in [0.4, 0.5) is 17.1 Å². The van der Waals surface area contributed by atoms with Crippen LogP contribution in [0.2, 0.25) is 0 Å². The van der Waals surface area contributed by atoms with Crippen LogP contribution < -0.4 is 4.90 Å². The summed E-state index contributed by atoms with van der Waals surface area (Å²) in [5, 5.41) is 7.22. The molecule has 11 rings (SSSR count). The second-order valence-corrected chi connectivity index (χ2v) is 14.8. The third kappa shape index (κ3) is 5.74. The molecule has 0 spiro atoms. The summed E-state index contributed by atoms with van der Waals surface area (Å²) in [4.78, 5) is 2.42. The predicted molar refractivity (Wildman–Crippen MR) is 245 cm³/mol. The molecule has 272 valence electrons. The summed E-state index contributed by atoms with van der Waals surface area (Å²) < 4.78 is 6.28. The van der Waals surface area contributed by atoms with Crippen molar-refractivity contribution in [3.8, 4) is 44.5 Å². The van der Waals surface area contributed by atoms with E-state index in [4.69, 9.17) is 4.42 Å². The van der Waals surface area contributed by atoms with Gasteiger partial charge in [0.25, 0.3) is 0 Å². The van der Waals surface area contributed by atoms with Gasteiger partial charge in [0.1, 0.15) is 11.2 Å². The Balaban J connectivity index is 1.10. The van der Waals surface area contributed by atoms with Gasteiger partial charge in [0.05, 0.1) is 5.69 Å². The molecule has 10 aromatic carbocycles. The van der Waals surface area contributed by atoms with E-state index in [1.807, 2.05) is 12.1 Å². The van der Waals surface area contributed by atoms with Crippen molar-refractivity contribution in [2.45, 2.75) is 0 Å². The molecule has 58 heavy (non-hydrogen) atoms. The van der Waals surface area contributed by atoms with Crippen molar-refractivity contribution in [3.05, 3.63) is 224 Å². The van der Waals surface area contributed by atoms with Crippen LogP contribution in [-0.2, 0) is 0 Å². The van der Waals surface area contributed by atoms with Crippen molar-refractivity contribution in [1.29, 1.82) is 0 Å². The van der Waals surface area contributed by atoms with Crippen molar-refractivity contribution in [2.24, 2.45) is 0 Å². The van der Waals surface area contributed by atoms with Gasteiger partial charge in [-0.05, 0) is 103 Å². The molecule has 0 unspecified atom stereocenters. The minimum atomic E-state index is 0.898. The first-order valence-corrected chi connectivity index (χ1v) is 19.8. The van der Waals surface area contributed by atoms with Gasteiger partial charge in [-0.2, -0.15) is 0 Å². The minimum absolute atomic E-state index is 0.898. The Morgan fingerprint density at radius 3 is 1.64 bits per heavy atom. The highest BCUT2D eigenvalue weighted by Gasteiger charge is 2.21. The first-order chi connectivity index (χ1) is 28.8. The second-order valence-electron chi connectivity index (χ2n) is 14.8. The lowest BCUT2D eigenvalue weighted by Gasteiger charge is -2.29. The molecule has 0 aliphatic heterocycles. The molecular weight excluding hydrogens is 703 g/mol. The van der Waals surface area contributed by atoms with Gasteiger partial charge in [-0.25, -0.2) is 0 Å². The number of anilines is 3. The maximum atomic E-state index is 6.28. The van der Waals surface area contributed by atoms with Crippen LogP contribution in [0, 0.1) is 0 Å². The van der Waals surface area contributed by atoms with E-state index >= 15 is 0 Å². The number of hydrogen-bond acceptors (Lipinski definition) is 2. The van der Waals surface area contributed by atoms with E-state index in [-0.39, 0.29) is 0 Å². The molecule has 0 aliphatic carbocycles. The Morgan fingerprint density at radius 2 is 0.828 bits per heavy atom. The van der Waals surface area contributed by atoms with Gasteiger partial charge in [-0.3, -0.25) is 0 Å². The Kier molecular flexibility index (Phi) is 8.19. The molecule has 0 N–H and O–H groups in total. The number of nitrogens with zero attached hydrogens (tertiary/aromatic N) is 1. The standard InChI is InChI=1S/C56H37NO/c1-2-15-38(16-3-1)45-19-6-7-20-48(45)49-21-8-9-22-50(49)51-23-10-12-26-53(51)57(43-35-36-46-41(37-43)30-29-39-17-4-5-18-44(39)46)42-33-31-40(32-34-42)47-25-14-28-55-56(47)52-24-11-13-27-54(52)58-55/h1-37H. The van der Waals surface area contributed by atoms with Gasteiger partial charge >= 0.3 is 0 Å². The minimum Gasteiger partial charge on any atom is -0.456 e. The van der Waals surface area contributed by atoms with E-state index in [1.54, 1.807) is 0 Å². The highest BCUT2D eigenvalue weighted by atomic mass is 16.3. The molecule has 1 heterocycles. The molecular formula is C56H37NO. The largest absolute Gasteiger partial charge is 0.456 e. The molecule has 0 saturated heterocycles. The topological polar surface area (TPSA) is 16.4 Å². The third-order valence-electron chi connectivity index (χ3n) is 11.5. The summed E-state index contributed by atoms with van der Waals surface area (Å²) in [6.45, 7) is 0. The van der Waals surface area contributed by atoms with Crippen molar-refractivity contribution in [2.75, 3.05) is 4.90 Å². The lowest BCUT2D eigenvalue weighted by atomic mass is 9.88. The van der Waals surface area contributed by atoms with Crippen LogP contribution in [-0.4, -0.2) is 0 Å². The van der Waals surface area contributed by atoms with Crippen molar-refractivity contribution >= 4 is 60.5 Å². The Labute approximate surface area is 337 Å². The molecule has 2 heteroatoms. The maximum Gasteiger partial charge on any atom is 0.136 e. The van der Waals surface area contributed by atoms with Crippen LogP contribution in [0.15, 0.2) is 229 Å². The normalized spacial score (nSPS) is 11.4. The van der Waals surface area contributed by atoms with E-state index in [0.717, 1.165) is 55.7 Å². The van der Waals surface area contributed by atoms with Gasteiger partial charge < -0.3 is 9.32 Å². The molecule has 0 bridgehead atoms. The smallest absolute Gasteiger partial charge is 0.136 e. The van der Waals surface area contributed by atoms with Crippen LogP contribution >= 0.6 is 0 Å². The zero-order valence-corrected chi connectivity index (χ0v) is 31.7. The van der Waals surface area contributed by atoms with Crippen LogP contribution in [0.25, 0.3) is 88.0 Å². The van der Waals surface area contributed by atoms with E-state index in [1.165, 1.54) is 49.4 Å². The number of hydrogen-bond donors (Lipinski definition) is 0. The van der Waals surface area contributed by atoms with Crippen LogP contribution in [0.1, 0.15) is 0 Å². The molecule has 11 aromatic rings. The fourth-order valence-electron chi connectivity index (χ4n) is 8.81. The first kappa shape index (κ1) is 33.6. The van der Waals surface area contributed by atoms with Crippen molar-refractivity contribution < 1.29 is 4.42 Å². The summed E-state index contributed by atoms with van der Waals surface area (Å²) in [6, 6.07) is 80.8. The fourth-order valence-corrected chi connectivity index (χ4v) is 8.81. The molecule has 0 saturated carbocycles. The molecule has 0 radical (unpaired) electrons. The third-order valence-corrected chi connectivity index (χ3v) is 11.5. The zero-order chi connectivity index (χ0) is 38.4. The number of rotatable bonds is 7. The molecule has 0 atom stereocenters. The van der Waals surface area contributed by atoms with Crippen molar-refractivity contribution in [3.63, 3.8) is 0 Å². The maximum absolute atomic E-state index is 6.28. The predicted octanol–water partition coefficient (Wildman–Crippen LogP) is 16.0. The zero-order valence-electron chi connectivity index (χ0n) is 31.7. The van der Waals surface area contributed by atoms with Gasteiger partial charge in [-0.1, -0.05) is 182 Å². The summed E-state index contributed by atoms with van der Waals surface area (Å²) >= 11 is 0. The molecule has 0 aliphatic rings. The average Bonchev–Trinajstić information content (AvgIpc) is 3.69. The molecule has 0 fully saturated rings. The summed E-state index contributed by atoms with van der Waals surface area (Å²) in [6.07, 6.45) is 0. The summed E-state index contributed by atoms with van der Waals surface area (Å²) in [5.41, 5.74) is 14.5. The quantitative estimate of drug-likeness (QED) is 0.151. The first-order valence-electron chi connectivity index (χ1n) is 19.8. The van der Waals surface area contributed by atoms with Gasteiger partial charge in [-0.15, -0.1) is 0 Å². The van der Waals surface area contributed by atoms with Crippen molar-refractivity contribution in [1.82, 2.24) is 0 Å². The SMILES string of the molecule is c1ccc(-c2ccccc2-c2ccccc2-c2ccccc2N(c2ccc(-c3cccc4oc5ccccc5c34)cc2)c2ccc3c(ccc4ccccc43)c2)cc1. The van der Waals surface area contributed by atoms with Gasteiger partial charge in [0, 0.05) is 27.7 Å². The van der Waals surface area contributed by atoms with Gasteiger partial charge in [0.15, 0.2) is 0 Å². The lowest BCUT2D eigenvalue weighted by Crippen LogP contribution is -2.11. The fraction of sp³-hybridized carbons (Fsp3) is 0. The molecule has 1 aromatic heterocycles. The van der Waals surface area contributed by atoms with Crippen LogP contribution in [0.5, 0.6) is 0 Å². The Hall–Kier alpha value is -7.68. The number of fused-ring (bicyclic) bond motifs is 6. The number of para-hydroxylation sites is 2. The van der Waals surface area contributed by atoms with E-state index in [2.05, 4.69) is 217 Å². The number of benzene rings is 10. The highest BCUT2D eigenvalue weighted by molar-refractivity contribution is 6.13. The highest BCUT2D eigenvalue weighted by Crippen LogP contribution is 2.46. The monoisotopic (exact) mass is 739 g/mol. The molecule has 2 nitrogen and oxygen atoms in total. The summed E-state index contributed by atoms with van der Waals surface area (Å²) in [7, 11) is 0. The summed E-state index contributed by atoms with van der Waals surface area (Å²) in [5.74, 6) is 0. The average molecular weight is 740 g/mol. The molecule has 0 amide bonds. The van der Waals surface area contributed by atoms with E-state index in [9.17, 15) is 0 Å². The Bertz CT molecular complexity index is 3290. The van der Waals surface area contributed by atoms with Gasteiger partial charge in [0.2, 0.25) is 0 Å². The van der Waals surface area contributed by atoms with E-state index < -0.39 is 0 Å². The second kappa shape index (κ2) is 14.1. The van der Waals surface area contributed by atoms with E-state index in [0.29, 0.717) is 0 Å². The number of furan rings is 1. The Morgan fingerprint density at radius 1 is 0.293 bits per heavy atom. The van der Waals surface area contributed by atoms with Crippen LogP contribution in [0.3, 0.4) is 0 Å². The lowest BCUT2D eigenvalue weighted by molar-refractivity contribution is 0.669.